The van der Waals surface area contributed by atoms with Gasteiger partial charge >= 0.3 is 0 Å². The molecule has 1 aromatic heterocycles. The second-order valence-electron chi connectivity index (χ2n) is 6.88. The third kappa shape index (κ3) is 4.78. The van der Waals surface area contributed by atoms with Gasteiger partial charge in [0.1, 0.15) is 0 Å². The molecule has 2 heterocycles. The van der Waals surface area contributed by atoms with Crippen molar-refractivity contribution < 1.29 is 18.7 Å². The molecule has 1 fully saturated rings. The molecule has 1 aliphatic heterocycles. The van der Waals surface area contributed by atoms with Gasteiger partial charge in [0.2, 0.25) is 0 Å². The lowest BCUT2D eigenvalue weighted by atomic mass is 10.0. The lowest BCUT2D eigenvalue weighted by Crippen LogP contribution is -2.32. The van der Waals surface area contributed by atoms with E-state index in [0.29, 0.717) is 36.5 Å². The second-order valence-corrected chi connectivity index (χ2v) is 6.88. The van der Waals surface area contributed by atoms with Crippen molar-refractivity contribution >= 4 is 11.8 Å². The molecule has 1 saturated heterocycles. The Kier molecular flexibility index (Phi) is 7.19. The summed E-state index contributed by atoms with van der Waals surface area (Å²) in [5.74, 6) is -0.0276. The molecule has 0 bridgehead atoms. The molecule has 1 aliphatic rings. The van der Waals surface area contributed by atoms with Crippen LogP contribution in [0.3, 0.4) is 0 Å². The van der Waals surface area contributed by atoms with E-state index in [9.17, 15) is 9.59 Å². The molecule has 0 saturated carbocycles. The van der Waals surface area contributed by atoms with Crippen LogP contribution < -0.4 is 5.32 Å². The number of oxazole rings is 1. The van der Waals surface area contributed by atoms with E-state index < -0.39 is 0 Å². The minimum atomic E-state index is -0.322. The molecule has 1 aromatic carbocycles. The highest BCUT2D eigenvalue weighted by Gasteiger charge is 2.25. The Bertz CT molecular complexity index is 794. The monoisotopic (exact) mass is 385 g/mol. The summed E-state index contributed by atoms with van der Waals surface area (Å²) in [6.07, 6.45) is 6.30. The van der Waals surface area contributed by atoms with Crippen LogP contribution in [-0.2, 0) is 4.74 Å². The van der Waals surface area contributed by atoms with Gasteiger partial charge in [0.25, 0.3) is 11.8 Å². The van der Waals surface area contributed by atoms with E-state index >= 15 is 0 Å². The van der Waals surface area contributed by atoms with Gasteiger partial charge in [0.15, 0.2) is 17.8 Å². The highest BCUT2D eigenvalue weighted by atomic mass is 16.5. The number of rotatable bonds is 7. The number of methoxy groups -OCH3 is 1. The maximum Gasteiger partial charge on any atom is 0.273 e. The first-order chi connectivity index (χ1) is 13.7. The van der Waals surface area contributed by atoms with Crippen molar-refractivity contribution in [1.29, 1.82) is 0 Å². The summed E-state index contributed by atoms with van der Waals surface area (Å²) in [6.45, 7) is 2.57. The van der Waals surface area contributed by atoms with E-state index in [2.05, 4.69) is 10.3 Å². The van der Waals surface area contributed by atoms with Gasteiger partial charge in [-0.2, -0.15) is 0 Å². The standard InChI is InChI=1S/C21H27N3O4/c1-27-14-8-11-22-20(25)18-19(28-15-23-18)16-9-4-5-10-17(16)21(26)24-12-6-2-3-7-13-24/h4-5,9-10,15H,2-3,6-8,11-14H2,1H3,(H,22,25). The van der Waals surface area contributed by atoms with Crippen molar-refractivity contribution in [1.82, 2.24) is 15.2 Å². The van der Waals surface area contributed by atoms with Crippen LogP contribution in [0.1, 0.15) is 53.0 Å². The molecule has 0 unspecified atom stereocenters. The number of nitrogens with one attached hydrogen (secondary N) is 1. The SMILES string of the molecule is COCCCNC(=O)c1ncoc1-c1ccccc1C(=O)N1CCCCCC1. The number of aromatic nitrogens is 1. The Morgan fingerprint density at radius 2 is 1.93 bits per heavy atom. The third-order valence-electron chi connectivity index (χ3n) is 4.89. The zero-order valence-corrected chi connectivity index (χ0v) is 16.3. The largest absolute Gasteiger partial charge is 0.443 e. The average molecular weight is 385 g/mol. The summed E-state index contributed by atoms with van der Waals surface area (Å²) in [5.41, 5.74) is 1.32. The van der Waals surface area contributed by atoms with Crippen LogP contribution in [0.15, 0.2) is 35.1 Å². The molecule has 0 aliphatic carbocycles. The molecule has 3 rings (SSSR count). The number of benzene rings is 1. The van der Waals surface area contributed by atoms with E-state index in [-0.39, 0.29) is 17.5 Å². The number of hydrogen-bond acceptors (Lipinski definition) is 5. The first-order valence-electron chi connectivity index (χ1n) is 9.81. The molecular weight excluding hydrogens is 358 g/mol. The Balaban J connectivity index is 1.82. The van der Waals surface area contributed by atoms with Crippen LogP contribution in [0.5, 0.6) is 0 Å². The van der Waals surface area contributed by atoms with Crippen molar-refractivity contribution in [2.45, 2.75) is 32.1 Å². The van der Waals surface area contributed by atoms with Gasteiger partial charge in [-0.1, -0.05) is 31.0 Å². The van der Waals surface area contributed by atoms with Crippen molar-refractivity contribution in [3.8, 4) is 11.3 Å². The van der Waals surface area contributed by atoms with E-state index in [1.165, 1.54) is 6.39 Å². The summed E-state index contributed by atoms with van der Waals surface area (Å²) in [6, 6.07) is 7.24. The Morgan fingerprint density at radius 3 is 2.68 bits per heavy atom. The summed E-state index contributed by atoms with van der Waals surface area (Å²) in [5, 5.41) is 2.81. The van der Waals surface area contributed by atoms with Gasteiger partial charge in [-0.15, -0.1) is 0 Å². The summed E-state index contributed by atoms with van der Waals surface area (Å²) >= 11 is 0. The second kappa shape index (κ2) is 10.0. The van der Waals surface area contributed by atoms with Gasteiger partial charge in [0.05, 0.1) is 5.56 Å². The van der Waals surface area contributed by atoms with Crippen molar-refractivity contribution in [3.63, 3.8) is 0 Å². The molecule has 150 valence electrons. The maximum absolute atomic E-state index is 13.1. The molecule has 0 atom stereocenters. The number of carbonyl (C=O) groups is 2. The molecule has 7 nitrogen and oxygen atoms in total. The van der Waals surface area contributed by atoms with Gasteiger partial charge in [0, 0.05) is 38.9 Å². The van der Waals surface area contributed by atoms with E-state index in [0.717, 1.165) is 38.8 Å². The highest BCUT2D eigenvalue weighted by Crippen LogP contribution is 2.28. The molecule has 0 spiro atoms. The quantitative estimate of drug-likeness (QED) is 0.740. The number of ether oxygens (including phenoxy) is 1. The summed E-state index contributed by atoms with van der Waals surface area (Å²) < 4.78 is 10.5. The molecule has 28 heavy (non-hydrogen) atoms. The Morgan fingerprint density at radius 1 is 1.18 bits per heavy atom. The van der Waals surface area contributed by atoms with Crippen molar-refractivity contribution in [2.24, 2.45) is 0 Å². The van der Waals surface area contributed by atoms with Gasteiger partial charge in [-0.3, -0.25) is 9.59 Å². The van der Waals surface area contributed by atoms with Gasteiger partial charge in [-0.05, 0) is 25.3 Å². The predicted octanol–water partition coefficient (Wildman–Crippen LogP) is 3.12. The first-order valence-corrected chi connectivity index (χ1v) is 9.81. The predicted molar refractivity (Wildman–Crippen MR) is 105 cm³/mol. The lowest BCUT2D eigenvalue weighted by molar-refractivity contribution is 0.0761. The number of hydrogen-bond donors (Lipinski definition) is 1. The zero-order chi connectivity index (χ0) is 19.8. The number of nitrogens with zero attached hydrogens (tertiary/aromatic N) is 2. The van der Waals surface area contributed by atoms with Crippen LogP contribution in [0.2, 0.25) is 0 Å². The van der Waals surface area contributed by atoms with Crippen molar-refractivity contribution in [3.05, 3.63) is 41.9 Å². The van der Waals surface area contributed by atoms with Crippen LogP contribution in [0.4, 0.5) is 0 Å². The van der Waals surface area contributed by atoms with E-state index in [4.69, 9.17) is 9.15 Å². The van der Waals surface area contributed by atoms with Crippen LogP contribution in [-0.4, -0.2) is 55.0 Å². The third-order valence-corrected chi connectivity index (χ3v) is 4.89. The summed E-state index contributed by atoms with van der Waals surface area (Å²) in [7, 11) is 1.62. The number of likely N-dealkylation sites (tertiary alicyclic amines) is 1. The fraction of sp³-hybridized carbons (Fsp3) is 0.476. The van der Waals surface area contributed by atoms with E-state index in [1.54, 1.807) is 19.2 Å². The molecule has 2 amide bonds. The fourth-order valence-electron chi connectivity index (χ4n) is 3.41. The fourth-order valence-corrected chi connectivity index (χ4v) is 3.41. The van der Waals surface area contributed by atoms with Crippen molar-refractivity contribution in [2.75, 3.05) is 33.4 Å². The number of carbonyl (C=O) groups excluding carboxylic acids is 2. The molecule has 0 radical (unpaired) electrons. The average Bonchev–Trinajstić information content (AvgIpc) is 3.05. The van der Waals surface area contributed by atoms with Gasteiger partial charge < -0.3 is 19.4 Å². The maximum atomic E-state index is 13.1. The minimum absolute atomic E-state index is 0.0275. The molecule has 1 N–H and O–H groups in total. The minimum Gasteiger partial charge on any atom is -0.443 e. The zero-order valence-electron chi connectivity index (χ0n) is 16.3. The highest BCUT2D eigenvalue weighted by molar-refractivity contribution is 6.04. The van der Waals surface area contributed by atoms with Crippen LogP contribution >= 0.6 is 0 Å². The van der Waals surface area contributed by atoms with Gasteiger partial charge in [-0.25, -0.2) is 4.98 Å². The van der Waals surface area contributed by atoms with E-state index in [1.807, 2.05) is 17.0 Å². The van der Waals surface area contributed by atoms with Crippen LogP contribution in [0.25, 0.3) is 11.3 Å². The Labute approximate surface area is 165 Å². The van der Waals surface area contributed by atoms with Crippen LogP contribution in [0, 0.1) is 0 Å². The molecule has 2 aromatic rings. The first kappa shape index (κ1) is 20.1. The normalized spacial score (nSPS) is 14.5. The molecular formula is C21H27N3O4. The summed E-state index contributed by atoms with van der Waals surface area (Å²) in [4.78, 5) is 31.6. The lowest BCUT2D eigenvalue weighted by Gasteiger charge is -2.21. The Hall–Kier alpha value is -2.67. The molecule has 7 heteroatoms. The smallest absolute Gasteiger partial charge is 0.273 e. The topological polar surface area (TPSA) is 84.7 Å². The number of amides is 2.